The molecule has 1 aliphatic rings. The number of fused-ring (bicyclic) bond motifs is 1. The van der Waals surface area contributed by atoms with E-state index < -0.39 is 28.5 Å². The van der Waals surface area contributed by atoms with Gasteiger partial charge in [0, 0.05) is 29.0 Å². The molecule has 3 aromatic rings. The number of carbonyl (C=O) groups is 3. The number of sulfonamides is 1. The number of likely N-dealkylation sites (N-methyl/N-ethyl adjacent to an activating group) is 1. The molecule has 1 aliphatic heterocycles. The van der Waals surface area contributed by atoms with Crippen LogP contribution in [0.4, 0.5) is 0 Å². The van der Waals surface area contributed by atoms with Gasteiger partial charge in [-0.15, -0.1) is 0 Å². The number of hydrogen-bond donors (Lipinski definition) is 3. The molecule has 0 spiro atoms. The minimum Gasteiger partial charge on any atom is -0.351 e. The van der Waals surface area contributed by atoms with Gasteiger partial charge in [-0.2, -0.15) is 0 Å². The standard InChI is InChI=1S/C29H35Cl2N5O5S/c1-5-35(27(37)15-32-42(40,41)26-11-10-20(30)14-21(26)31)25-16-36(18(25)4)29(39)24(12-17(2)3)34-28(38)23-13-19-8-6-7-9-22(19)33-23/h6-11,13-14,17-18,24-25,32-33H,5,12,15-16H2,1-4H3,(H,34,38)/t18?,24?,25-/m1/s1. The van der Waals surface area contributed by atoms with E-state index in [0.29, 0.717) is 23.7 Å². The van der Waals surface area contributed by atoms with Crippen LogP contribution in [0.15, 0.2) is 53.4 Å². The average Bonchev–Trinajstić information content (AvgIpc) is 3.37. The molecule has 0 saturated carbocycles. The third kappa shape index (κ3) is 6.91. The third-order valence-corrected chi connectivity index (χ3v) is 9.58. The van der Waals surface area contributed by atoms with Crippen molar-refractivity contribution in [1.29, 1.82) is 0 Å². The summed E-state index contributed by atoms with van der Waals surface area (Å²) in [7, 11) is -4.06. The first kappa shape index (κ1) is 31.8. The minimum absolute atomic E-state index is 0.0517. The van der Waals surface area contributed by atoms with Crippen LogP contribution in [0.5, 0.6) is 0 Å². The van der Waals surface area contributed by atoms with Gasteiger partial charge in [0.15, 0.2) is 0 Å². The molecule has 42 heavy (non-hydrogen) atoms. The Balaban J connectivity index is 1.39. The fourth-order valence-corrected chi connectivity index (χ4v) is 6.93. The molecular weight excluding hydrogens is 601 g/mol. The zero-order valence-corrected chi connectivity index (χ0v) is 26.2. The molecule has 1 aromatic heterocycles. The molecule has 2 heterocycles. The number of H-pyrrole nitrogens is 1. The van der Waals surface area contributed by atoms with E-state index in [9.17, 15) is 22.8 Å². The summed E-state index contributed by atoms with van der Waals surface area (Å²) in [5, 5.41) is 4.04. The lowest BCUT2D eigenvalue weighted by molar-refractivity contribution is -0.153. The zero-order valence-electron chi connectivity index (χ0n) is 23.9. The molecule has 2 unspecified atom stereocenters. The maximum Gasteiger partial charge on any atom is 0.268 e. The zero-order chi connectivity index (χ0) is 30.8. The Labute approximate surface area is 255 Å². The molecular formula is C29H35Cl2N5O5S. The molecule has 226 valence electrons. The van der Waals surface area contributed by atoms with E-state index in [-0.39, 0.29) is 46.3 Å². The average molecular weight is 637 g/mol. The van der Waals surface area contributed by atoms with Crippen LogP contribution in [0.25, 0.3) is 10.9 Å². The minimum atomic E-state index is -4.06. The second-order valence-electron chi connectivity index (χ2n) is 10.8. The predicted octanol–water partition coefficient (Wildman–Crippen LogP) is 4.05. The summed E-state index contributed by atoms with van der Waals surface area (Å²) in [6, 6.07) is 11.9. The highest BCUT2D eigenvalue weighted by atomic mass is 35.5. The highest BCUT2D eigenvalue weighted by molar-refractivity contribution is 7.89. The summed E-state index contributed by atoms with van der Waals surface area (Å²) < 4.78 is 27.8. The van der Waals surface area contributed by atoms with Gasteiger partial charge < -0.3 is 20.1 Å². The first-order valence-corrected chi connectivity index (χ1v) is 16.0. The van der Waals surface area contributed by atoms with Crippen molar-refractivity contribution in [3.8, 4) is 0 Å². The van der Waals surface area contributed by atoms with Crippen LogP contribution in [0, 0.1) is 5.92 Å². The SMILES string of the molecule is CCN(C(=O)CNS(=O)(=O)c1ccc(Cl)cc1Cl)[C@@H]1CN(C(=O)C(CC(C)C)NC(=O)c2cc3ccccc3[nH]2)C1C. The van der Waals surface area contributed by atoms with Crippen LogP contribution in [0.3, 0.4) is 0 Å². The number of hydrogen-bond acceptors (Lipinski definition) is 5. The van der Waals surface area contributed by atoms with Crippen LogP contribution < -0.4 is 10.0 Å². The second kappa shape index (κ2) is 13.0. The maximum atomic E-state index is 13.6. The number of nitrogens with zero attached hydrogens (tertiary/aromatic N) is 2. The summed E-state index contributed by atoms with van der Waals surface area (Å²) in [4.78, 5) is 45.9. The molecule has 0 bridgehead atoms. The Bertz CT molecular complexity index is 1560. The first-order valence-electron chi connectivity index (χ1n) is 13.8. The molecule has 2 aromatic carbocycles. The molecule has 1 fully saturated rings. The number of amides is 3. The monoisotopic (exact) mass is 635 g/mol. The summed E-state index contributed by atoms with van der Waals surface area (Å²) >= 11 is 11.9. The van der Waals surface area contributed by atoms with Gasteiger partial charge in [-0.3, -0.25) is 14.4 Å². The number of nitrogens with one attached hydrogen (secondary N) is 3. The van der Waals surface area contributed by atoms with Crippen LogP contribution >= 0.6 is 23.2 Å². The number of rotatable bonds is 11. The van der Waals surface area contributed by atoms with Gasteiger partial charge in [-0.25, -0.2) is 13.1 Å². The van der Waals surface area contributed by atoms with Gasteiger partial charge in [0.25, 0.3) is 5.91 Å². The van der Waals surface area contributed by atoms with E-state index in [4.69, 9.17) is 23.2 Å². The number of benzene rings is 2. The van der Waals surface area contributed by atoms with Gasteiger partial charge in [-0.05, 0) is 56.5 Å². The number of likely N-dealkylation sites (tertiary alicyclic amines) is 1. The van der Waals surface area contributed by atoms with E-state index in [0.717, 1.165) is 10.9 Å². The van der Waals surface area contributed by atoms with Crippen LogP contribution in [-0.4, -0.2) is 78.7 Å². The number of halogens is 2. The summed E-state index contributed by atoms with van der Waals surface area (Å²) in [6.45, 7) is 7.72. The Morgan fingerprint density at radius 2 is 1.83 bits per heavy atom. The Hall–Kier alpha value is -3.12. The highest BCUT2D eigenvalue weighted by Crippen LogP contribution is 2.27. The van der Waals surface area contributed by atoms with E-state index in [2.05, 4.69) is 15.0 Å². The molecule has 0 radical (unpaired) electrons. The fraction of sp³-hybridized carbons (Fsp3) is 0.414. The number of para-hydroxylation sites is 1. The fourth-order valence-electron chi connectivity index (χ4n) is 5.19. The lowest BCUT2D eigenvalue weighted by Gasteiger charge is -2.51. The molecule has 3 amide bonds. The number of aromatic amines is 1. The second-order valence-corrected chi connectivity index (χ2v) is 13.4. The van der Waals surface area contributed by atoms with E-state index in [1.165, 1.54) is 18.2 Å². The topological polar surface area (TPSA) is 132 Å². The van der Waals surface area contributed by atoms with Gasteiger partial charge >= 0.3 is 0 Å². The lowest BCUT2D eigenvalue weighted by Crippen LogP contribution is -2.70. The van der Waals surface area contributed by atoms with Crippen molar-refractivity contribution in [2.75, 3.05) is 19.6 Å². The first-order chi connectivity index (χ1) is 19.8. The molecule has 13 heteroatoms. The summed E-state index contributed by atoms with van der Waals surface area (Å²) in [6.07, 6.45) is 0.449. The summed E-state index contributed by atoms with van der Waals surface area (Å²) in [5.41, 5.74) is 1.20. The van der Waals surface area contributed by atoms with Crippen molar-refractivity contribution < 1.29 is 22.8 Å². The van der Waals surface area contributed by atoms with Gasteiger partial charge in [0.1, 0.15) is 16.6 Å². The van der Waals surface area contributed by atoms with E-state index in [1.807, 2.05) is 45.0 Å². The number of aromatic nitrogens is 1. The molecule has 1 saturated heterocycles. The van der Waals surface area contributed by atoms with Crippen LogP contribution in [0.1, 0.15) is 44.6 Å². The van der Waals surface area contributed by atoms with Crippen molar-refractivity contribution in [2.24, 2.45) is 5.92 Å². The van der Waals surface area contributed by atoms with Crippen molar-refractivity contribution >= 4 is 61.8 Å². The maximum absolute atomic E-state index is 13.6. The molecule has 10 nitrogen and oxygen atoms in total. The smallest absolute Gasteiger partial charge is 0.268 e. The van der Waals surface area contributed by atoms with Gasteiger partial charge in [0.2, 0.25) is 21.8 Å². The van der Waals surface area contributed by atoms with E-state index >= 15 is 0 Å². The van der Waals surface area contributed by atoms with Gasteiger partial charge in [0.05, 0.1) is 23.7 Å². The Morgan fingerprint density at radius 3 is 2.45 bits per heavy atom. The van der Waals surface area contributed by atoms with Crippen LogP contribution in [0.2, 0.25) is 10.0 Å². The quantitative estimate of drug-likeness (QED) is 0.293. The van der Waals surface area contributed by atoms with Crippen molar-refractivity contribution in [1.82, 2.24) is 24.8 Å². The highest BCUT2D eigenvalue weighted by Gasteiger charge is 2.45. The van der Waals surface area contributed by atoms with Crippen molar-refractivity contribution in [2.45, 2.75) is 57.1 Å². The van der Waals surface area contributed by atoms with E-state index in [1.54, 1.807) is 22.8 Å². The van der Waals surface area contributed by atoms with Gasteiger partial charge in [-0.1, -0.05) is 55.2 Å². The third-order valence-electron chi connectivity index (χ3n) is 7.46. The Kier molecular flexibility index (Phi) is 9.87. The normalized spacial score (nSPS) is 17.6. The van der Waals surface area contributed by atoms with Crippen molar-refractivity contribution in [3.63, 3.8) is 0 Å². The molecule has 3 atom stereocenters. The molecule has 0 aliphatic carbocycles. The molecule has 4 rings (SSSR count). The van der Waals surface area contributed by atoms with Crippen LogP contribution in [-0.2, 0) is 19.6 Å². The largest absolute Gasteiger partial charge is 0.351 e. The predicted molar refractivity (Wildman–Crippen MR) is 163 cm³/mol. The lowest BCUT2D eigenvalue weighted by atomic mass is 9.93. The Morgan fingerprint density at radius 1 is 1.12 bits per heavy atom. The summed E-state index contributed by atoms with van der Waals surface area (Å²) in [5.74, 6) is -0.877. The van der Waals surface area contributed by atoms with Crippen molar-refractivity contribution in [3.05, 3.63) is 64.3 Å². The molecule has 3 N–H and O–H groups in total. The number of carbonyl (C=O) groups excluding carboxylic acids is 3.